The number of carbonyl (C=O) groups is 3. The van der Waals surface area contributed by atoms with Crippen LogP contribution in [-0.4, -0.2) is 35.1 Å². The molecule has 0 atom stereocenters. The van der Waals surface area contributed by atoms with E-state index in [2.05, 4.69) is 10.6 Å². The van der Waals surface area contributed by atoms with Crippen LogP contribution < -0.4 is 10.6 Å². The second kappa shape index (κ2) is 8.75. The van der Waals surface area contributed by atoms with Crippen molar-refractivity contribution >= 4 is 39.8 Å². The third-order valence-electron chi connectivity index (χ3n) is 4.02. The molecule has 0 bridgehead atoms. The van der Waals surface area contributed by atoms with Crippen molar-refractivity contribution in [1.82, 2.24) is 0 Å². The standard InChI is InChI=1S/C21H26N2O5S/c1-11-7-8-14(12(2)9-11)22-18(26)17-13(3)16(15(25)10-24)19(29-17)23-20(27)28-21(4,5)6/h7-9,24H,10H2,1-6H3,(H,22,26)(H,23,27). The van der Waals surface area contributed by atoms with Crippen molar-refractivity contribution in [3.05, 3.63) is 45.3 Å². The molecule has 8 heteroatoms. The van der Waals surface area contributed by atoms with E-state index < -0.39 is 30.0 Å². The lowest BCUT2D eigenvalue weighted by atomic mass is 10.1. The van der Waals surface area contributed by atoms with Gasteiger partial charge in [-0.15, -0.1) is 11.3 Å². The maximum absolute atomic E-state index is 12.8. The maximum atomic E-state index is 12.8. The lowest BCUT2D eigenvalue weighted by Gasteiger charge is -2.19. The first-order chi connectivity index (χ1) is 13.4. The Hall–Kier alpha value is -2.71. The van der Waals surface area contributed by atoms with E-state index in [0.717, 1.165) is 22.5 Å². The van der Waals surface area contributed by atoms with E-state index in [1.54, 1.807) is 27.7 Å². The Kier molecular flexibility index (Phi) is 6.81. The highest BCUT2D eigenvalue weighted by molar-refractivity contribution is 7.19. The molecule has 0 radical (unpaired) electrons. The zero-order valence-corrected chi connectivity index (χ0v) is 18.2. The Bertz CT molecular complexity index is 957. The van der Waals surface area contributed by atoms with Crippen LogP contribution in [0.1, 0.15) is 57.5 Å². The van der Waals surface area contributed by atoms with E-state index in [-0.39, 0.29) is 15.4 Å². The molecular formula is C21H26N2O5S. The maximum Gasteiger partial charge on any atom is 0.412 e. The minimum atomic E-state index is -0.743. The van der Waals surface area contributed by atoms with Crippen molar-refractivity contribution in [2.24, 2.45) is 0 Å². The summed E-state index contributed by atoms with van der Waals surface area (Å²) < 4.78 is 5.22. The van der Waals surface area contributed by atoms with Crippen LogP contribution in [0.4, 0.5) is 15.5 Å². The van der Waals surface area contributed by atoms with Crippen LogP contribution in [0.5, 0.6) is 0 Å². The van der Waals surface area contributed by atoms with Crippen molar-refractivity contribution < 1.29 is 24.2 Å². The smallest absolute Gasteiger partial charge is 0.412 e. The molecule has 29 heavy (non-hydrogen) atoms. The molecule has 0 aliphatic carbocycles. The van der Waals surface area contributed by atoms with Gasteiger partial charge < -0.3 is 15.2 Å². The van der Waals surface area contributed by atoms with Gasteiger partial charge in [0, 0.05) is 5.69 Å². The molecule has 1 heterocycles. The Morgan fingerprint density at radius 3 is 2.31 bits per heavy atom. The largest absolute Gasteiger partial charge is 0.444 e. The summed E-state index contributed by atoms with van der Waals surface area (Å²) in [6, 6.07) is 5.65. The molecule has 2 rings (SSSR count). The summed E-state index contributed by atoms with van der Waals surface area (Å²) in [5.41, 5.74) is 2.42. The van der Waals surface area contributed by atoms with Gasteiger partial charge in [0.05, 0.1) is 10.4 Å². The highest BCUT2D eigenvalue weighted by Gasteiger charge is 2.27. The van der Waals surface area contributed by atoms with Gasteiger partial charge in [-0.2, -0.15) is 0 Å². The average Bonchev–Trinajstić information content (AvgIpc) is 2.91. The number of amides is 2. The number of aryl methyl sites for hydroxylation is 2. The van der Waals surface area contributed by atoms with Crippen LogP contribution >= 0.6 is 11.3 Å². The number of Topliss-reactive ketones (excluding diaryl/α,β-unsaturated/α-hetero) is 1. The van der Waals surface area contributed by atoms with E-state index in [1.807, 2.05) is 32.0 Å². The van der Waals surface area contributed by atoms with Gasteiger partial charge in [0.25, 0.3) is 5.91 Å². The van der Waals surface area contributed by atoms with Crippen LogP contribution in [0.15, 0.2) is 18.2 Å². The third kappa shape index (κ3) is 5.65. The number of aliphatic hydroxyl groups is 1. The fraction of sp³-hybridized carbons (Fsp3) is 0.381. The van der Waals surface area contributed by atoms with Crippen LogP contribution in [-0.2, 0) is 4.74 Å². The van der Waals surface area contributed by atoms with Gasteiger partial charge in [0.15, 0.2) is 5.78 Å². The van der Waals surface area contributed by atoms with E-state index >= 15 is 0 Å². The molecule has 3 N–H and O–H groups in total. The van der Waals surface area contributed by atoms with Crippen LogP contribution in [0.3, 0.4) is 0 Å². The number of rotatable bonds is 5. The SMILES string of the molecule is Cc1ccc(NC(=O)c2sc(NC(=O)OC(C)(C)C)c(C(=O)CO)c2C)c(C)c1. The molecule has 0 saturated heterocycles. The molecule has 0 spiro atoms. The first kappa shape index (κ1) is 22.6. The first-order valence-electron chi connectivity index (χ1n) is 9.09. The van der Waals surface area contributed by atoms with Crippen LogP contribution in [0.2, 0.25) is 0 Å². The minimum Gasteiger partial charge on any atom is -0.444 e. The Morgan fingerprint density at radius 1 is 1.10 bits per heavy atom. The summed E-state index contributed by atoms with van der Waals surface area (Å²) in [6.07, 6.45) is -0.743. The summed E-state index contributed by atoms with van der Waals surface area (Å²) in [5, 5.41) is 14.8. The molecule has 1 aromatic heterocycles. The average molecular weight is 419 g/mol. The summed E-state index contributed by atoms with van der Waals surface area (Å²) in [4.78, 5) is 37.5. The van der Waals surface area contributed by atoms with Gasteiger partial charge in [-0.05, 0) is 58.7 Å². The lowest BCUT2D eigenvalue weighted by Crippen LogP contribution is -2.27. The van der Waals surface area contributed by atoms with Crippen LogP contribution in [0, 0.1) is 20.8 Å². The Balaban J connectivity index is 2.37. The van der Waals surface area contributed by atoms with E-state index in [1.165, 1.54) is 0 Å². The number of ether oxygens (including phenoxy) is 1. The summed E-state index contributed by atoms with van der Waals surface area (Å²) in [5.74, 6) is -0.987. The van der Waals surface area contributed by atoms with E-state index in [0.29, 0.717) is 11.3 Å². The highest BCUT2D eigenvalue weighted by atomic mass is 32.1. The summed E-state index contributed by atoms with van der Waals surface area (Å²) in [7, 11) is 0. The molecular weight excluding hydrogens is 392 g/mol. The predicted octanol–water partition coefficient (Wildman–Crippen LogP) is 4.45. The molecule has 2 amide bonds. The fourth-order valence-corrected chi connectivity index (χ4v) is 3.87. The fourth-order valence-electron chi connectivity index (χ4n) is 2.76. The zero-order chi connectivity index (χ0) is 21.9. The van der Waals surface area contributed by atoms with Gasteiger partial charge in [-0.3, -0.25) is 14.9 Å². The second-order valence-electron chi connectivity index (χ2n) is 7.74. The molecule has 2 aromatic rings. The summed E-state index contributed by atoms with van der Waals surface area (Å²) >= 11 is 0.965. The quantitative estimate of drug-likeness (QED) is 0.622. The zero-order valence-electron chi connectivity index (χ0n) is 17.4. The van der Waals surface area contributed by atoms with Crippen molar-refractivity contribution in [2.45, 2.75) is 47.1 Å². The number of aliphatic hydroxyl groups excluding tert-OH is 1. The number of anilines is 2. The van der Waals surface area contributed by atoms with Gasteiger partial charge in [-0.25, -0.2) is 4.79 Å². The van der Waals surface area contributed by atoms with Crippen molar-refractivity contribution in [1.29, 1.82) is 0 Å². The molecule has 0 saturated carbocycles. The Labute approximate surface area is 174 Å². The number of nitrogens with one attached hydrogen (secondary N) is 2. The van der Waals surface area contributed by atoms with Crippen molar-refractivity contribution in [3.8, 4) is 0 Å². The molecule has 0 unspecified atom stereocenters. The molecule has 0 fully saturated rings. The molecule has 0 aliphatic rings. The third-order valence-corrected chi connectivity index (χ3v) is 5.23. The predicted molar refractivity (Wildman–Crippen MR) is 114 cm³/mol. The topological polar surface area (TPSA) is 105 Å². The first-order valence-corrected chi connectivity index (χ1v) is 9.90. The van der Waals surface area contributed by atoms with Crippen LogP contribution in [0.25, 0.3) is 0 Å². The van der Waals surface area contributed by atoms with Gasteiger partial charge in [0.1, 0.15) is 17.2 Å². The Morgan fingerprint density at radius 2 is 1.76 bits per heavy atom. The number of carbonyl (C=O) groups excluding carboxylic acids is 3. The number of benzene rings is 1. The van der Waals surface area contributed by atoms with Gasteiger partial charge in [-0.1, -0.05) is 17.7 Å². The molecule has 7 nitrogen and oxygen atoms in total. The van der Waals surface area contributed by atoms with Gasteiger partial charge >= 0.3 is 6.09 Å². The molecule has 156 valence electrons. The highest BCUT2D eigenvalue weighted by Crippen LogP contribution is 2.34. The normalized spacial score (nSPS) is 11.1. The van der Waals surface area contributed by atoms with E-state index in [9.17, 15) is 19.5 Å². The van der Waals surface area contributed by atoms with Crippen molar-refractivity contribution in [2.75, 3.05) is 17.2 Å². The number of ketones is 1. The molecule has 1 aromatic carbocycles. The van der Waals surface area contributed by atoms with E-state index in [4.69, 9.17) is 4.74 Å². The number of thiophene rings is 1. The lowest BCUT2D eigenvalue weighted by molar-refractivity contribution is 0.0636. The summed E-state index contributed by atoms with van der Waals surface area (Å²) in [6.45, 7) is 9.87. The second-order valence-corrected chi connectivity index (χ2v) is 8.76. The number of hydrogen-bond donors (Lipinski definition) is 3. The van der Waals surface area contributed by atoms with Crippen molar-refractivity contribution in [3.63, 3.8) is 0 Å². The molecule has 0 aliphatic heterocycles. The van der Waals surface area contributed by atoms with Gasteiger partial charge in [0.2, 0.25) is 0 Å². The number of hydrogen-bond acceptors (Lipinski definition) is 6. The monoisotopic (exact) mass is 418 g/mol. The minimum absolute atomic E-state index is 0.106.